The lowest BCUT2D eigenvalue weighted by atomic mass is 10.1. The van der Waals surface area contributed by atoms with Gasteiger partial charge in [0.1, 0.15) is 0 Å². The third-order valence-corrected chi connectivity index (χ3v) is 4.13. The van der Waals surface area contributed by atoms with Crippen LogP contribution in [-0.4, -0.2) is 12.0 Å². The summed E-state index contributed by atoms with van der Waals surface area (Å²) in [5.74, 6) is 6.25. The van der Waals surface area contributed by atoms with Gasteiger partial charge < -0.3 is 5.32 Å². The minimum atomic E-state index is 0.424. The lowest BCUT2D eigenvalue weighted by Crippen LogP contribution is -2.37. The zero-order valence-corrected chi connectivity index (χ0v) is 11.3. The Bertz CT molecular complexity index is 475. The summed E-state index contributed by atoms with van der Waals surface area (Å²) in [6.45, 7) is 0. The Morgan fingerprint density at radius 3 is 2.68 bits per heavy atom. The molecule has 0 amide bonds. The standard InChI is InChI=1S/C15H22N4/c16-19-15(17-13-6-1-2-7-13)18-14-9-8-11-4-3-5-12(11)10-14/h8-10,13H,1-7,16H2,(H2,17,18,19). The van der Waals surface area contributed by atoms with Gasteiger partial charge in [-0.15, -0.1) is 0 Å². The first kappa shape index (κ1) is 12.5. The summed E-state index contributed by atoms with van der Waals surface area (Å²) in [5.41, 5.74) is 6.71. The Balaban J connectivity index is 1.71. The number of hydrogen-bond acceptors (Lipinski definition) is 2. The second-order valence-electron chi connectivity index (χ2n) is 5.52. The Morgan fingerprint density at radius 1 is 1.11 bits per heavy atom. The van der Waals surface area contributed by atoms with Crippen LogP contribution in [0.1, 0.15) is 43.2 Å². The molecule has 0 radical (unpaired) electrons. The van der Waals surface area contributed by atoms with Gasteiger partial charge in [0, 0.05) is 5.69 Å². The van der Waals surface area contributed by atoms with Crippen LogP contribution in [0.5, 0.6) is 0 Å². The first-order chi connectivity index (χ1) is 9.35. The van der Waals surface area contributed by atoms with Crippen LogP contribution in [0.4, 0.5) is 5.69 Å². The maximum Gasteiger partial charge on any atom is 0.210 e. The van der Waals surface area contributed by atoms with E-state index in [1.165, 1.54) is 56.1 Å². The zero-order valence-electron chi connectivity index (χ0n) is 11.3. The minimum Gasteiger partial charge on any atom is -0.325 e. The summed E-state index contributed by atoms with van der Waals surface area (Å²) in [5, 5.41) is 3.30. The van der Waals surface area contributed by atoms with Crippen LogP contribution >= 0.6 is 0 Å². The number of hydrazine groups is 1. The van der Waals surface area contributed by atoms with E-state index < -0.39 is 0 Å². The van der Waals surface area contributed by atoms with Gasteiger partial charge in [0.15, 0.2) is 0 Å². The monoisotopic (exact) mass is 258 g/mol. The number of fused-ring (bicyclic) bond motifs is 1. The zero-order chi connectivity index (χ0) is 13.1. The van der Waals surface area contributed by atoms with Crippen LogP contribution in [0.25, 0.3) is 0 Å². The second kappa shape index (κ2) is 5.61. The fourth-order valence-corrected chi connectivity index (χ4v) is 3.11. The van der Waals surface area contributed by atoms with Crippen LogP contribution in [-0.2, 0) is 12.8 Å². The quantitative estimate of drug-likeness (QED) is 0.330. The summed E-state index contributed by atoms with van der Waals surface area (Å²) < 4.78 is 0. The normalized spacial score (nSPS) is 19.5. The van der Waals surface area contributed by atoms with Gasteiger partial charge in [-0.05, 0) is 55.4 Å². The van der Waals surface area contributed by atoms with E-state index in [9.17, 15) is 0 Å². The van der Waals surface area contributed by atoms with Gasteiger partial charge in [0.25, 0.3) is 0 Å². The minimum absolute atomic E-state index is 0.424. The van der Waals surface area contributed by atoms with Gasteiger partial charge in [-0.1, -0.05) is 18.9 Å². The van der Waals surface area contributed by atoms with Crippen LogP contribution in [0.3, 0.4) is 0 Å². The van der Waals surface area contributed by atoms with E-state index in [1.54, 1.807) is 0 Å². The smallest absolute Gasteiger partial charge is 0.210 e. The molecule has 4 nitrogen and oxygen atoms in total. The molecule has 1 saturated carbocycles. The lowest BCUT2D eigenvalue weighted by molar-refractivity contribution is 0.700. The second-order valence-corrected chi connectivity index (χ2v) is 5.52. The maximum atomic E-state index is 5.57. The van der Waals surface area contributed by atoms with Crippen molar-refractivity contribution in [3.63, 3.8) is 0 Å². The highest BCUT2D eigenvalue weighted by molar-refractivity contribution is 5.93. The molecule has 0 spiro atoms. The number of aliphatic imine (C=N–C) groups is 1. The van der Waals surface area contributed by atoms with E-state index in [4.69, 9.17) is 5.84 Å². The lowest BCUT2D eigenvalue weighted by Gasteiger charge is -2.12. The summed E-state index contributed by atoms with van der Waals surface area (Å²) in [6.07, 6.45) is 8.60. The van der Waals surface area contributed by atoms with E-state index in [2.05, 4.69) is 33.9 Å². The number of anilines is 1. The van der Waals surface area contributed by atoms with Gasteiger partial charge in [-0.3, -0.25) is 5.43 Å². The number of nitrogens with one attached hydrogen (secondary N) is 2. The van der Waals surface area contributed by atoms with Crippen molar-refractivity contribution in [3.8, 4) is 0 Å². The summed E-state index contributed by atoms with van der Waals surface area (Å²) >= 11 is 0. The SMILES string of the molecule is NNC(=NC1CCCC1)Nc1ccc2c(c1)CCC2. The largest absolute Gasteiger partial charge is 0.325 e. The van der Waals surface area contributed by atoms with E-state index in [-0.39, 0.29) is 0 Å². The summed E-state index contributed by atoms with van der Waals surface area (Å²) in [4.78, 5) is 4.65. The molecule has 2 aliphatic rings. The molecule has 4 N–H and O–H groups in total. The highest BCUT2D eigenvalue weighted by atomic mass is 15.3. The predicted molar refractivity (Wildman–Crippen MR) is 79.1 cm³/mol. The average Bonchev–Trinajstić information content (AvgIpc) is 3.08. The molecule has 4 heteroatoms. The van der Waals surface area contributed by atoms with Crippen LogP contribution < -0.4 is 16.6 Å². The molecule has 0 saturated heterocycles. The number of nitrogens with zero attached hydrogens (tertiary/aromatic N) is 1. The van der Waals surface area contributed by atoms with Crippen molar-refractivity contribution in [2.75, 3.05) is 5.32 Å². The molecule has 19 heavy (non-hydrogen) atoms. The summed E-state index contributed by atoms with van der Waals surface area (Å²) in [6, 6.07) is 6.98. The van der Waals surface area contributed by atoms with Crippen molar-refractivity contribution >= 4 is 11.6 Å². The third kappa shape index (κ3) is 2.89. The number of rotatable bonds is 2. The molecule has 0 heterocycles. The highest BCUT2D eigenvalue weighted by Crippen LogP contribution is 2.25. The molecule has 1 aromatic carbocycles. The molecule has 0 unspecified atom stereocenters. The van der Waals surface area contributed by atoms with E-state index in [0.717, 1.165) is 5.69 Å². The fourth-order valence-electron chi connectivity index (χ4n) is 3.11. The number of aryl methyl sites for hydroxylation is 2. The third-order valence-electron chi connectivity index (χ3n) is 4.13. The number of nitrogens with two attached hydrogens (primary N) is 1. The number of guanidine groups is 1. The topological polar surface area (TPSA) is 62.4 Å². The van der Waals surface area contributed by atoms with Crippen molar-refractivity contribution in [1.82, 2.24) is 5.43 Å². The van der Waals surface area contributed by atoms with Gasteiger partial charge in [0.2, 0.25) is 5.96 Å². The van der Waals surface area contributed by atoms with Crippen LogP contribution in [0.2, 0.25) is 0 Å². The van der Waals surface area contributed by atoms with Crippen molar-refractivity contribution in [2.24, 2.45) is 10.8 Å². The van der Waals surface area contributed by atoms with Gasteiger partial charge in [-0.2, -0.15) is 0 Å². The molecule has 1 fully saturated rings. The van der Waals surface area contributed by atoms with Gasteiger partial charge in [-0.25, -0.2) is 10.8 Å². The molecule has 102 valence electrons. The average molecular weight is 258 g/mol. The molecule has 0 aromatic heterocycles. The fraction of sp³-hybridized carbons (Fsp3) is 0.533. The van der Waals surface area contributed by atoms with Crippen molar-refractivity contribution < 1.29 is 0 Å². The Morgan fingerprint density at radius 2 is 1.89 bits per heavy atom. The van der Waals surface area contributed by atoms with E-state index >= 15 is 0 Å². The molecule has 0 bridgehead atoms. The van der Waals surface area contributed by atoms with Crippen LogP contribution in [0, 0.1) is 0 Å². The predicted octanol–water partition coefficient (Wildman–Crippen LogP) is 2.35. The molecule has 1 aromatic rings. The van der Waals surface area contributed by atoms with Gasteiger partial charge >= 0.3 is 0 Å². The first-order valence-electron chi connectivity index (χ1n) is 7.28. The molecule has 0 aliphatic heterocycles. The Kier molecular flexibility index (Phi) is 3.69. The first-order valence-corrected chi connectivity index (χ1v) is 7.28. The van der Waals surface area contributed by atoms with E-state index in [1.807, 2.05) is 0 Å². The molecule has 0 atom stereocenters. The van der Waals surface area contributed by atoms with Crippen molar-refractivity contribution in [1.29, 1.82) is 0 Å². The molecular weight excluding hydrogens is 236 g/mol. The summed E-state index contributed by atoms with van der Waals surface area (Å²) in [7, 11) is 0. The Hall–Kier alpha value is -1.55. The number of benzene rings is 1. The van der Waals surface area contributed by atoms with Crippen molar-refractivity contribution in [3.05, 3.63) is 29.3 Å². The van der Waals surface area contributed by atoms with Crippen LogP contribution in [0.15, 0.2) is 23.2 Å². The van der Waals surface area contributed by atoms with Gasteiger partial charge in [0.05, 0.1) is 6.04 Å². The highest BCUT2D eigenvalue weighted by Gasteiger charge is 2.15. The molecule has 3 rings (SSSR count). The molecule has 2 aliphatic carbocycles. The van der Waals surface area contributed by atoms with Crippen molar-refractivity contribution in [2.45, 2.75) is 51.0 Å². The Labute approximate surface area is 114 Å². The molecular formula is C15H22N4. The number of hydrogen-bond donors (Lipinski definition) is 3. The maximum absolute atomic E-state index is 5.57. The van der Waals surface area contributed by atoms with E-state index in [0.29, 0.717) is 12.0 Å².